The smallest absolute Gasteiger partial charge is 0.279 e. The zero-order valence-electron chi connectivity index (χ0n) is 15.6. The first kappa shape index (κ1) is 17.7. The first-order valence-corrected chi connectivity index (χ1v) is 9.00. The number of carbonyl (C=O) groups excluding carboxylic acids is 1. The summed E-state index contributed by atoms with van der Waals surface area (Å²) in [6.07, 6.45) is 0. The molecule has 0 aliphatic carbocycles. The van der Waals surface area contributed by atoms with Crippen molar-refractivity contribution in [1.29, 1.82) is 0 Å². The molecule has 0 aliphatic heterocycles. The van der Waals surface area contributed by atoms with E-state index in [-0.39, 0.29) is 17.2 Å². The average molecular weight is 369 g/mol. The number of aromatic nitrogens is 2. The molecule has 3 aromatic carbocycles. The van der Waals surface area contributed by atoms with Gasteiger partial charge in [0.05, 0.1) is 11.1 Å². The van der Waals surface area contributed by atoms with Crippen LogP contribution in [0.2, 0.25) is 0 Å². The fraction of sp³-hybridized carbons (Fsp3) is 0.0870. The Hall–Kier alpha value is -3.73. The van der Waals surface area contributed by atoms with Crippen molar-refractivity contribution in [2.75, 3.05) is 5.32 Å². The van der Waals surface area contributed by atoms with Crippen LogP contribution in [0.25, 0.3) is 16.5 Å². The van der Waals surface area contributed by atoms with Crippen molar-refractivity contribution >= 4 is 22.4 Å². The van der Waals surface area contributed by atoms with Crippen molar-refractivity contribution in [1.82, 2.24) is 9.78 Å². The highest BCUT2D eigenvalue weighted by molar-refractivity contribution is 6.11. The number of rotatable bonds is 3. The van der Waals surface area contributed by atoms with Gasteiger partial charge in [0.25, 0.3) is 11.5 Å². The quantitative estimate of drug-likeness (QED) is 0.587. The van der Waals surface area contributed by atoms with Gasteiger partial charge in [-0.25, -0.2) is 0 Å². The number of nitrogens with one attached hydrogen (secondary N) is 1. The second-order valence-corrected chi connectivity index (χ2v) is 6.78. The molecule has 5 nitrogen and oxygen atoms in total. The second kappa shape index (κ2) is 7.12. The van der Waals surface area contributed by atoms with Crippen LogP contribution in [0, 0.1) is 13.8 Å². The highest BCUT2D eigenvalue weighted by Crippen LogP contribution is 2.18. The minimum Gasteiger partial charge on any atom is -0.321 e. The number of nitrogens with zero attached hydrogens (tertiary/aromatic N) is 2. The van der Waals surface area contributed by atoms with Gasteiger partial charge in [0.15, 0.2) is 5.69 Å². The largest absolute Gasteiger partial charge is 0.321 e. The van der Waals surface area contributed by atoms with E-state index >= 15 is 0 Å². The number of hydrogen-bond acceptors (Lipinski definition) is 3. The summed E-state index contributed by atoms with van der Waals surface area (Å²) in [5.41, 5.74) is 3.37. The Morgan fingerprint density at radius 3 is 2.14 bits per heavy atom. The van der Waals surface area contributed by atoms with Crippen molar-refractivity contribution in [3.05, 3.63) is 100.0 Å². The summed E-state index contributed by atoms with van der Waals surface area (Å²) >= 11 is 0. The van der Waals surface area contributed by atoms with Crippen LogP contribution in [0.3, 0.4) is 0 Å². The number of aryl methyl sites for hydroxylation is 2. The fourth-order valence-electron chi connectivity index (χ4n) is 3.34. The number of fused-ring (bicyclic) bond motifs is 1. The van der Waals surface area contributed by atoms with Gasteiger partial charge in [-0.15, -0.1) is 0 Å². The van der Waals surface area contributed by atoms with Crippen molar-refractivity contribution in [2.24, 2.45) is 0 Å². The second-order valence-electron chi connectivity index (χ2n) is 6.78. The molecule has 1 aromatic heterocycles. The Balaban J connectivity index is 1.87. The predicted octanol–water partition coefficient (Wildman–Crippen LogP) is 4.25. The lowest BCUT2D eigenvalue weighted by Crippen LogP contribution is -2.26. The molecule has 1 N–H and O–H groups in total. The van der Waals surface area contributed by atoms with E-state index in [2.05, 4.69) is 10.4 Å². The van der Waals surface area contributed by atoms with Gasteiger partial charge in [0.1, 0.15) is 0 Å². The molecule has 0 saturated carbocycles. The summed E-state index contributed by atoms with van der Waals surface area (Å²) in [6.45, 7) is 3.96. The van der Waals surface area contributed by atoms with E-state index in [1.807, 2.05) is 50.2 Å². The van der Waals surface area contributed by atoms with Crippen LogP contribution in [0.4, 0.5) is 5.69 Å². The summed E-state index contributed by atoms with van der Waals surface area (Å²) in [7, 11) is 0. The third-order valence-electron chi connectivity index (χ3n) is 4.50. The number of anilines is 1. The normalized spacial score (nSPS) is 10.8. The van der Waals surface area contributed by atoms with Gasteiger partial charge in [0, 0.05) is 11.1 Å². The first-order valence-electron chi connectivity index (χ1n) is 9.00. The third-order valence-corrected chi connectivity index (χ3v) is 4.50. The fourth-order valence-corrected chi connectivity index (χ4v) is 3.34. The van der Waals surface area contributed by atoms with Gasteiger partial charge in [-0.05, 0) is 55.3 Å². The lowest BCUT2D eigenvalue weighted by Gasteiger charge is -2.12. The lowest BCUT2D eigenvalue weighted by atomic mass is 10.1. The molecule has 0 radical (unpaired) electrons. The molecular weight excluding hydrogens is 350 g/mol. The zero-order chi connectivity index (χ0) is 19.7. The first-order chi connectivity index (χ1) is 13.5. The predicted molar refractivity (Wildman–Crippen MR) is 111 cm³/mol. The van der Waals surface area contributed by atoms with Gasteiger partial charge >= 0.3 is 0 Å². The van der Waals surface area contributed by atoms with Gasteiger partial charge in [-0.1, -0.05) is 42.5 Å². The molecular formula is C23H19N3O2. The Kier molecular flexibility index (Phi) is 4.49. The molecule has 1 heterocycles. The van der Waals surface area contributed by atoms with Crippen molar-refractivity contribution in [3.8, 4) is 5.69 Å². The molecule has 4 aromatic rings. The summed E-state index contributed by atoms with van der Waals surface area (Å²) < 4.78 is 1.28. The van der Waals surface area contributed by atoms with Gasteiger partial charge < -0.3 is 5.32 Å². The highest BCUT2D eigenvalue weighted by Gasteiger charge is 2.17. The van der Waals surface area contributed by atoms with E-state index in [9.17, 15) is 9.59 Å². The minimum atomic E-state index is -0.356. The number of benzene rings is 3. The van der Waals surface area contributed by atoms with Crippen LogP contribution in [0.1, 0.15) is 21.6 Å². The van der Waals surface area contributed by atoms with Gasteiger partial charge in [0.2, 0.25) is 0 Å². The molecule has 0 aliphatic rings. The van der Waals surface area contributed by atoms with Gasteiger partial charge in [-0.2, -0.15) is 9.78 Å². The van der Waals surface area contributed by atoms with Crippen LogP contribution < -0.4 is 10.9 Å². The molecule has 0 atom stereocenters. The SMILES string of the molecule is Cc1cc(C)cc(NC(=O)c2nn(-c3ccccc3)c(=O)c3ccccc23)c1. The van der Waals surface area contributed by atoms with Crippen molar-refractivity contribution < 1.29 is 4.79 Å². The van der Waals surface area contributed by atoms with Gasteiger partial charge in [-0.3, -0.25) is 9.59 Å². The molecule has 0 bridgehead atoms. The molecule has 0 fully saturated rings. The van der Waals surface area contributed by atoms with Crippen LogP contribution in [-0.4, -0.2) is 15.7 Å². The number of hydrogen-bond donors (Lipinski definition) is 1. The highest BCUT2D eigenvalue weighted by atomic mass is 16.2. The van der Waals surface area contributed by atoms with Crippen LogP contribution in [0.15, 0.2) is 77.6 Å². The van der Waals surface area contributed by atoms with E-state index in [0.717, 1.165) is 11.1 Å². The zero-order valence-corrected chi connectivity index (χ0v) is 15.6. The van der Waals surface area contributed by atoms with Crippen LogP contribution >= 0.6 is 0 Å². The van der Waals surface area contributed by atoms with E-state index < -0.39 is 0 Å². The monoisotopic (exact) mass is 369 g/mol. The van der Waals surface area contributed by atoms with Crippen molar-refractivity contribution in [2.45, 2.75) is 13.8 Å². The standard InChI is InChI=1S/C23H19N3O2/c1-15-12-16(2)14-17(13-15)24-22(27)21-19-10-6-7-11-20(19)23(28)26(25-21)18-8-4-3-5-9-18/h3-14H,1-2H3,(H,24,27). The van der Waals surface area contributed by atoms with E-state index in [4.69, 9.17) is 0 Å². The van der Waals surface area contributed by atoms with E-state index in [1.165, 1.54) is 4.68 Å². The molecule has 0 saturated heterocycles. The Morgan fingerprint density at radius 2 is 1.46 bits per heavy atom. The minimum absolute atomic E-state index is 0.207. The molecule has 1 amide bonds. The third kappa shape index (κ3) is 3.30. The molecule has 0 spiro atoms. The van der Waals surface area contributed by atoms with Crippen LogP contribution in [0.5, 0.6) is 0 Å². The molecule has 0 unspecified atom stereocenters. The maximum Gasteiger partial charge on any atom is 0.279 e. The van der Waals surface area contributed by atoms with Crippen molar-refractivity contribution in [3.63, 3.8) is 0 Å². The topological polar surface area (TPSA) is 64.0 Å². The number of carbonyl (C=O) groups is 1. The number of amides is 1. The van der Waals surface area contributed by atoms with Crippen LogP contribution in [-0.2, 0) is 0 Å². The summed E-state index contributed by atoms with van der Waals surface area (Å²) in [6, 6.07) is 22.0. The maximum atomic E-state index is 13.1. The molecule has 5 heteroatoms. The maximum absolute atomic E-state index is 13.1. The Morgan fingerprint density at radius 1 is 0.857 bits per heavy atom. The molecule has 4 rings (SSSR count). The van der Waals surface area contributed by atoms with E-state index in [1.54, 1.807) is 36.4 Å². The Bertz CT molecular complexity index is 1220. The summed E-state index contributed by atoms with van der Waals surface area (Å²) in [5, 5.41) is 8.30. The molecule has 28 heavy (non-hydrogen) atoms. The summed E-state index contributed by atoms with van der Waals surface area (Å²) in [5.74, 6) is -0.356. The Labute approximate surface area is 162 Å². The lowest BCUT2D eigenvalue weighted by molar-refractivity contribution is 0.102. The summed E-state index contributed by atoms with van der Waals surface area (Å²) in [4.78, 5) is 26.0. The number of para-hydroxylation sites is 1. The average Bonchev–Trinajstić information content (AvgIpc) is 2.68. The molecule has 138 valence electrons. The van der Waals surface area contributed by atoms with E-state index in [0.29, 0.717) is 22.1 Å².